The maximum absolute atomic E-state index is 10.8. The van der Waals surface area contributed by atoms with Gasteiger partial charge in [-0.2, -0.15) is 0 Å². The molecule has 0 saturated carbocycles. The average Bonchev–Trinajstić information content (AvgIpc) is 3.02. The molecule has 114 valence electrons. The number of aliphatic imine (C=N–C) groups is 1. The molecule has 1 aromatic heterocycles. The minimum Gasteiger partial charge on any atom is -0.478 e. The molecule has 0 amide bonds. The van der Waals surface area contributed by atoms with Gasteiger partial charge in [0, 0.05) is 16.9 Å². The van der Waals surface area contributed by atoms with Crippen molar-refractivity contribution in [2.45, 2.75) is 0 Å². The van der Waals surface area contributed by atoms with E-state index in [1.807, 2.05) is 47.2 Å². The molecule has 2 aromatic carbocycles. The van der Waals surface area contributed by atoms with Gasteiger partial charge in [0.05, 0.1) is 23.2 Å². The van der Waals surface area contributed by atoms with E-state index in [1.165, 1.54) is 12.1 Å². The van der Waals surface area contributed by atoms with E-state index in [1.54, 1.807) is 18.3 Å². The Labute approximate surface area is 138 Å². The highest BCUT2D eigenvalue weighted by Crippen LogP contribution is 2.17. The van der Waals surface area contributed by atoms with Gasteiger partial charge < -0.3 is 9.67 Å². The Morgan fingerprint density at radius 3 is 2.39 bits per heavy atom. The van der Waals surface area contributed by atoms with Gasteiger partial charge in [0.1, 0.15) is 0 Å². The molecule has 0 spiro atoms. The lowest BCUT2D eigenvalue weighted by atomic mass is 10.2. The van der Waals surface area contributed by atoms with Gasteiger partial charge in [-0.3, -0.25) is 4.99 Å². The Morgan fingerprint density at radius 1 is 1.04 bits per heavy atom. The van der Waals surface area contributed by atoms with E-state index in [0.29, 0.717) is 10.7 Å². The van der Waals surface area contributed by atoms with Crippen LogP contribution in [0.25, 0.3) is 5.69 Å². The van der Waals surface area contributed by atoms with Crippen molar-refractivity contribution in [1.29, 1.82) is 0 Å². The van der Waals surface area contributed by atoms with Crippen LogP contribution >= 0.6 is 11.6 Å². The van der Waals surface area contributed by atoms with Gasteiger partial charge in [0.25, 0.3) is 0 Å². The predicted molar refractivity (Wildman–Crippen MR) is 91.4 cm³/mol. The fraction of sp³-hybridized carbons (Fsp3) is 0. The van der Waals surface area contributed by atoms with E-state index in [-0.39, 0.29) is 5.56 Å². The number of benzene rings is 2. The molecule has 0 aliphatic rings. The summed E-state index contributed by atoms with van der Waals surface area (Å²) in [5.74, 6) is -0.947. The Hall–Kier alpha value is -2.85. The number of aromatic nitrogens is 1. The fourth-order valence-corrected chi connectivity index (χ4v) is 2.29. The van der Waals surface area contributed by atoms with Crippen molar-refractivity contribution in [3.05, 3.63) is 83.1 Å². The van der Waals surface area contributed by atoms with E-state index < -0.39 is 5.97 Å². The lowest BCUT2D eigenvalue weighted by molar-refractivity contribution is 0.0697. The Balaban J connectivity index is 1.84. The van der Waals surface area contributed by atoms with Crippen LogP contribution in [0.15, 0.2) is 71.9 Å². The average molecular weight is 325 g/mol. The van der Waals surface area contributed by atoms with Crippen LogP contribution in [0, 0.1) is 0 Å². The molecule has 3 rings (SSSR count). The van der Waals surface area contributed by atoms with Crippen molar-refractivity contribution >= 4 is 29.5 Å². The number of carboxylic acids is 1. The third-order valence-corrected chi connectivity index (χ3v) is 3.60. The molecular weight excluding hydrogens is 312 g/mol. The number of carboxylic acid groups (broad SMARTS) is 1. The zero-order valence-electron chi connectivity index (χ0n) is 12.1. The highest BCUT2D eigenvalue weighted by molar-refractivity contribution is 6.30. The molecule has 1 N–H and O–H groups in total. The molecule has 0 atom stereocenters. The second kappa shape index (κ2) is 6.50. The third-order valence-electron chi connectivity index (χ3n) is 3.35. The highest BCUT2D eigenvalue weighted by atomic mass is 35.5. The zero-order valence-corrected chi connectivity index (χ0v) is 12.8. The highest BCUT2D eigenvalue weighted by Gasteiger charge is 2.02. The van der Waals surface area contributed by atoms with E-state index in [0.717, 1.165) is 11.4 Å². The maximum Gasteiger partial charge on any atom is 0.335 e. The second-order valence-corrected chi connectivity index (χ2v) is 5.33. The van der Waals surface area contributed by atoms with Crippen LogP contribution < -0.4 is 0 Å². The lowest BCUT2D eigenvalue weighted by Gasteiger charge is -2.06. The van der Waals surface area contributed by atoms with Crippen LogP contribution in [0.5, 0.6) is 0 Å². The molecule has 5 heteroatoms. The van der Waals surface area contributed by atoms with Crippen LogP contribution in [-0.4, -0.2) is 21.9 Å². The standard InChI is InChI=1S/C18H13ClN2O2/c19-14-5-9-16(10-6-14)21-11-1-2-17(21)12-20-15-7-3-13(4-8-15)18(22)23/h1-12H,(H,22,23). The fourth-order valence-electron chi connectivity index (χ4n) is 2.17. The number of aromatic carboxylic acids is 1. The summed E-state index contributed by atoms with van der Waals surface area (Å²) in [6.07, 6.45) is 3.68. The van der Waals surface area contributed by atoms with Gasteiger partial charge in [-0.25, -0.2) is 4.79 Å². The normalized spacial score (nSPS) is 11.0. The SMILES string of the molecule is O=C(O)c1ccc(N=Cc2cccn2-c2ccc(Cl)cc2)cc1. The van der Waals surface area contributed by atoms with E-state index in [2.05, 4.69) is 4.99 Å². The van der Waals surface area contributed by atoms with E-state index >= 15 is 0 Å². The molecule has 0 fully saturated rings. The molecule has 3 aromatic rings. The topological polar surface area (TPSA) is 54.6 Å². The minimum atomic E-state index is -0.947. The first-order chi connectivity index (χ1) is 11.1. The number of hydrogen-bond acceptors (Lipinski definition) is 2. The molecule has 4 nitrogen and oxygen atoms in total. The first kappa shape index (κ1) is 15.1. The summed E-state index contributed by atoms with van der Waals surface area (Å²) in [6.45, 7) is 0. The molecule has 0 aliphatic carbocycles. The van der Waals surface area contributed by atoms with Crippen molar-refractivity contribution in [2.75, 3.05) is 0 Å². The molecule has 0 bridgehead atoms. The summed E-state index contributed by atoms with van der Waals surface area (Å²) >= 11 is 5.91. The van der Waals surface area contributed by atoms with Gasteiger partial charge in [0.2, 0.25) is 0 Å². The van der Waals surface area contributed by atoms with Crippen LogP contribution in [0.3, 0.4) is 0 Å². The van der Waals surface area contributed by atoms with Gasteiger partial charge in [-0.05, 0) is 60.7 Å². The van der Waals surface area contributed by atoms with E-state index in [9.17, 15) is 4.79 Å². The number of hydrogen-bond donors (Lipinski definition) is 1. The molecule has 0 saturated heterocycles. The van der Waals surface area contributed by atoms with E-state index in [4.69, 9.17) is 16.7 Å². The van der Waals surface area contributed by atoms with Crippen molar-refractivity contribution in [1.82, 2.24) is 4.57 Å². The van der Waals surface area contributed by atoms with Crippen LogP contribution in [-0.2, 0) is 0 Å². The lowest BCUT2D eigenvalue weighted by Crippen LogP contribution is -1.97. The molecule has 1 heterocycles. The van der Waals surface area contributed by atoms with Crippen molar-refractivity contribution in [3.8, 4) is 5.69 Å². The Morgan fingerprint density at radius 2 is 1.74 bits per heavy atom. The molecule has 23 heavy (non-hydrogen) atoms. The zero-order chi connectivity index (χ0) is 16.2. The number of rotatable bonds is 4. The summed E-state index contributed by atoms with van der Waals surface area (Å²) in [5.41, 5.74) is 2.84. The third kappa shape index (κ3) is 3.49. The smallest absolute Gasteiger partial charge is 0.335 e. The molecule has 0 unspecified atom stereocenters. The van der Waals surface area contributed by atoms with Crippen LogP contribution in [0.2, 0.25) is 5.02 Å². The van der Waals surface area contributed by atoms with Crippen molar-refractivity contribution in [2.24, 2.45) is 4.99 Å². The molecule has 0 radical (unpaired) electrons. The summed E-state index contributed by atoms with van der Waals surface area (Å²) in [7, 11) is 0. The summed E-state index contributed by atoms with van der Waals surface area (Å²) in [4.78, 5) is 15.2. The van der Waals surface area contributed by atoms with Crippen LogP contribution in [0.4, 0.5) is 5.69 Å². The minimum absolute atomic E-state index is 0.244. The molecule has 0 aliphatic heterocycles. The summed E-state index contributed by atoms with van der Waals surface area (Å²) in [6, 6.07) is 17.8. The largest absolute Gasteiger partial charge is 0.478 e. The summed E-state index contributed by atoms with van der Waals surface area (Å²) in [5, 5.41) is 9.58. The summed E-state index contributed by atoms with van der Waals surface area (Å²) < 4.78 is 1.99. The maximum atomic E-state index is 10.8. The first-order valence-corrected chi connectivity index (χ1v) is 7.32. The van der Waals surface area contributed by atoms with Gasteiger partial charge in [0.15, 0.2) is 0 Å². The monoisotopic (exact) mass is 324 g/mol. The second-order valence-electron chi connectivity index (χ2n) is 4.89. The van der Waals surface area contributed by atoms with Crippen LogP contribution in [0.1, 0.15) is 16.1 Å². The number of nitrogens with zero attached hydrogens (tertiary/aromatic N) is 2. The van der Waals surface area contributed by atoms with Crippen molar-refractivity contribution in [3.63, 3.8) is 0 Å². The van der Waals surface area contributed by atoms with Crippen molar-refractivity contribution < 1.29 is 9.90 Å². The Kier molecular flexibility index (Phi) is 4.26. The number of carbonyl (C=O) groups is 1. The Bertz CT molecular complexity index is 849. The quantitative estimate of drug-likeness (QED) is 0.714. The first-order valence-electron chi connectivity index (χ1n) is 6.94. The van der Waals surface area contributed by atoms with Gasteiger partial charge in [-0.15, -0.1) is 0 Å². The molecular formula is C18H13ClN2O2. The predicted octanol–water partition coefficient (Wildman–Crippen LogP) is 4.58. The van der Waals surface area contributed by atoms with Gasteiger partial charge >= 0.3 is 5.97 Å². The van der Waals surface area contributed by atoms with Gasteiger partial charge in [-0.1, -0.05) is 11.6 Å². The number of halogens is 1.